The van der Waals surface area contributed by atoms with Gasteiger partial charge in [0.1, 0.15) is 51.5 Å². The number of aliphatic hydroxyl groups is 6. The van der Waals surface area contributed by atoms with Crippen LogP contribution < -0.4 is 15.4 Å². The third-order valence-electron chi connectivity index (χ3n) is 18.3. The number of Topliss-reactive ketones (excluding diaryl/α,β-unsaturated/α-hetero) is 2. The van der Waals surface area contributed by atoms with Crippen LogP contribution in [0.5, 0.6) is 5.75 Å². The second-order valence-electron chi connectivity index (χ2n) is 20.9. The van der Waals surface area contributed by atoms with E-state index in [4.69, 9.17) is 9.47 Å². The molecular weight excluding hydrogens is 877 g/mol. The molecule has 340 valence electrons. The van der Waals surface area contributed by atoms with Crippen molar-refractivity contribution in [3.63, 3.8) is 0 Å². The number of ether oxygens (including phenoxy) is 2. The molecule has 14 atom stereocenters. The highest BCUT2D eigenvalue weighted by atomic mass is 33.1. The first-order valence-corrected chi connectivity index (χ1v) is 25.8. The molecule has 5 aliphatic heterocycles. The number of hydrogen-bond acceptors (Lipinski definition) is 14. The summed E-state index contributed by atoms with van der Waals surface area (Å²) in [7, 11) is 2.99. The zero-order valence-electron chi connectivity index (χ0n) is 35.9. The first-order valence-electron chi connectivity index (χ1n) is 23.4. The minimum atomic E-state index is -2.24. The van der Waals surface area contributed by atoms with E-state index in [9.17, 15) is 30.6 Å². The summed E-state index contributed by atoms with van der Waals surface area (Å²) in [6.07, 6.45) is 2.22. The Hall–Kier alpha value is -4.38. The highest BCUT2D eigenvalue weighted by molar-refractivity contribution is 8.76. The van der Waals surface area contributed by atoms with Gasteiger partial charge in [0.2, 0.25) is 6.29 Å². The zero-order valence-corrected chi connectivity index (χ0v) is 37.5. The predicted octanol–water partition coefficient (Wildman–Crippen LogP) is 5.52. The predicted molar refractivity (Wildman–Crippen MR) is 245 cm³/mol. The van der Waals surface area contributed by atoms with E-state index < -0.39 is 64.8 Å². The van der Waals surface area contributed by atoms with Crippen LogP contribution in [0, 0.1) is 40.4 Å². The van der Waals surface area contributed by atoms with Crippen molar-refractivity contribution in [3.8, 4) is 5.75 Å². The summed E-state index contributed by atoms with van der Waals surface area (Å²) in [6, 6.07) is 18.7. The van der Waals surface area contributed by atoms with Crippen LogP contribution >= 0.6 is 21.6 Å². The molecule has 0 aromatic heterocycles. The van der Waals surface area contributed by atoms with Crippen molar-refractivity contribution in [2.24, 2.45) is 40.4 Å². The molecule has 14 heteroatoms. The molecule has 8 aliphatic carbocycles. The number of fused-ring (bicyclic) bond motifs is 3. The number of hydrogen-bond donors (Lipinski definition) is 8. The first-order chi connectivity index (χ1) is 32.0. The molecular formula is C52H50N2O10S2. The fourth-order valence-electron chi connectivity index (χ4n) is 16.0. The maximum Gasteiger partial charge on any atom is 0.229 e. The minimum absolute atomic E-state index is 0.0161. The lowest BCUT2D eigenvalue weighted by Crippen LogP contribution is -2.81. The second kappa shape index (κ2) is 13.7. The molecule has 1 saturated heterocycles. The van der Waals surface area contributed by atoms with E-state index in [2.05, 4.69) is 28.8 Å². The van der Waals surface area contributed by atoms with E-state index in [0.717, 1.165) is 47.3 Å². The maximum absolute atomic E-state index is 15.7. The first kappa shape index (κ1) is 40.7. The van der Waals surface area contributed by atoms with E-state index in [1.165, 1.54) is 39.1 Å². The van der Waals surface area contributed by atoms with Crippen LogP contribution in [0.4, 0.5) is 0 Å². The molecule has 16 rings (SSSR count). The third kappa shape index (κ3) is 4.75. The average molecular weight is 927 g/mol. The fourth-order valence-corrected chi connectivity index (χ4v) is 18.9. The van der Waals surface area contributed by atoms with Crippen LogP contribution in [0.25, 0.3) is 5.57 Å². The summed E-state index contributed by atoms with van der Waals surface area (Å²) in [5.41, 5.74) is 3.08. The van der Waals surface area contributed by atoms with Gasteiger partial charge in [-0.25, -0.2) is 0 Å². The normalized spacial score (nSPS) is 41.5. The van der Waals surface area contributed by atoms with Gasteiger partial charge in [-0.3, -0.25) is 9.59 Å². The smallest absolute Gasteiger partial charge is 0.229 e. The second-order valence-corrected chi connectivity index (χ2v) is 23.3. The quantitative estimate of drug-likeness (QED) is 0.152. The number of ketones is 2. The molecule has 0 amide bonds. The van der Waals surface area contributed by atoms with E-state index in [0.29, 0.717) is 25.0 Å². The standard InChI is InChI=1S/C52H50N2O10S2/c55-20-24-5-1-4-23(12-24)13-25-14-34-41(58)30-7-3-9-35-38(30)43(59)50(34,36(57)15-25)22-65-66-46-31-8-2-6-29-33-11-10-28-17-26-16-27-18-49(21-56)48(61)52(62,44(60)47(63-35)64-49)42(27)51(28,33)40-32(26)19-53-45(54-46)39(40)37(29)31/h1-9,12,14-15,26-28,33-34,42,44,46-48,53-57,60-62H,10-11,13,16-22H2/t26-,27-,28+,33+,34-,42+,44+,46-,47-,48-,49-,50+,51-,52-/m1/s1. The van der Waals surface area contributed by atoms with Crippen LogP contribution in [0.2, 0.25) is 0 Å². The lowest BCUT2D eigenvalue weighted by molar-refractivity contribution is -0.393. The highest BCUT2D eigenvalue weighted by Crippen LogP contribution is 2.79. The van der Waals surface area contributed by atoms with Gasteiger partial charge < -0.3 is 50.7 Å². The topological polar surface area (TPSA) is 198 Å². The van der Waals surface area contributed by atoms with Crippen molar-refractivity contribution in [1.29, 1.82) is 0 Å². The molecule has 3 saturated carbocycles. The van der Waals surface area contributed by atoms with Gasteiger partial charge in [-0.15, -0.1) is 0 Å². The van der Waals surface area contributed by atoms with E-state index in [1.54, 1.807) is 35.1 Å². The Kier molecular flexibility index (Phi) is 8.41. The van der Waals surface area contributed by atoms with Gasteiger partial charge in [-0.05, 0) is 119 Å². The molecule has 5 heterocycles. The SMILES string of the molecule is O=C1c2cccc3c2C(=O)[C@]2(CSS[C@H]4NC5=C6C7=C(CN5)[C@@H]5C[C@@H]8C[C@]9(CO)O[C@@H](O3)[C@H](O)[C@@](O)([C@@H]9O)[C@@H]8[C@@]73[C@@H](CC[C@H]3c3cccc4c36)C5)C(O)=CC(Cc3cccc(CO)c3)=C[C@H]12. The van der Waals surface area contributed by atoms with Crippen molar-refractivity contribution >= 4 is 38.7 Å². The number of allylic oxidation sites excluding steroid dienone is 6. The van der Waals surface area contributed by atoms with Gasteiger partial charge in [0.25, 0.3) is 0 Å². The highest BCUT2D eigenvalue weighted by Gasteiger charge is 2.79. The Labute approximate surface area is 388 Å². The largest absolute Gasteiger partial charge is 0.511 e. The summed E-state index contributed by atoms with van der Waals surface area (Å²) < 4.78 is 13.3. The monoisotopic (exact) mass is 926 g/mol. The summed E-state index contributed by atoms with van der Waals surface area (Å²) >= 11 is 0. The number of benzene rings is 3. The number of dihydropyridines is 1. The lowest BCUT2D eigenvalue weighted by Gasteiger charge is -2.67. The van der Waals surface area contributed by atoms with Gasteiger partial charge >= 0.3 is 0 Å². The molecule has 0 unspecified atom stereocenters. The molecule has 15 bridgehead atoms. The van der Waals surface area contributed by atoms with E-state index >= 15 is 9.59 Å². The summed E-state index contributed by atoms with van der Waals surface area (Å²) in [6.45, 7) is -0.172. The van der Waals surface area contributed by atoms with Crippen LogP contribution in [-0.4, -0.2) is 90.8 Å². The molecule has 3 aromatic carbocycles. The number of rotatable bonds is 4. The van der Waals surface area contributed by atoms with Crippen molar-refractivity contribution in [2.75, 3.05) is 18.9 Å². The van der Waals surface area contributed by atoms with E-state index in [1.807, 2.05) is 24.3 Å². The average Bonchev–Trinajstić information content (AvgIpc) is 3.58. The molecule has 0 radical (unpaired) electrons. The lowest BCUT2D eigenvalue weighted by atomic mass is 9.42. The van der Waals surface area contributed by atoms with Crippen molar-refractivity contribution in [2.45, 2.75) is 86.1 Å². The van der Waals surface area contributed by atoms with Crippen molar-refractivity contribution < 1.29 is 49.7 Å². The van der Waals surface area contributed by atoms with Gasteiger partial charge in [0, 0.05) is 34.8 Å². The molecule has 8 N–H and O–H groups in total. The van der Waals surface area contributed by atoms with Crippen LogP contribution in [0.1, 0.15) is 91.9 Å². The molecule has 13 aliphatic rings. The van der Waals surface area contributed by atoms with Gasteiger partial charge in [0.15, 0.2) is 11.6 Å². The number of nitrogens with one attached hydrogen (secondary N) is 2. The zero-order chi connectivity index (χ0) is 44.8. The third-order valence-corrected chi connectivity index (χ3v) is 20.9. The van der Waals surface area contributed by atoms with Gasteiger partial charge in [0.05, 0.1) is 24.7 Å². The number of aliphatic hydroxyl groups excluding tert-OH is 5. The molecule has 12 nitrogen and oxygen atoms in total. The summed E-state index contributed by atoms with van der Waals surface area (Å²) in [5.74, 6) is -1.94. The van der Waals surface area contributed by atoms with Crippen LogP contribution in [0.3, 0.4) is 0 Å². The molecule has 4 fully saturated rings. The number of carbonyl (C=O) groups excluding carboxylic acids is 2. The maximum atomic E-state index is 15.7. The molecule has 2 spiro atoms. The number of carbonyl (C=O) groups is 2. The Morgan fingerprint density at radius 2 is 1.76 bits per heavy atom. The molecule has 66 heavy (non-hydrogen) atoms. The van der Waals surface area contributed by atoms with Gasteiger partial charge in [-0.1, -0.05) is 82.3 Å². The minimum Gasteiger partial charge on any atom is -0.511 e. The Bertz CT molecular complexity index is 2880. The fraction of sp³-hybridized carbons (Fsp3) is 0.462. The Balaban J connectivity index is 0.988. The summed E-state index contributed by atoms with van der Waals surface area (Å²) in [5, 5.41) is 80.6. The van der Waals surface area contributed by atoms with Crippen LogP contribution in [0.15, 0.2) is 101 Å². The van der Waals surface area contributed by atoms with Crippen LogP contribution in [-0.2, 0) is 17.8 Å². The summed E-state index contributed by atoms with van der Waals surface area (Å²) in [4.78, 5) is 30.8. The molecule has 3 aromatic rings. The van der Waals surface area contributed by atoms with Crippen molar-refractivity contribution in [1.82, 2.24) is 10.6 Å². The Morgan fingerprint density at radius 3 is 2.61 bits per heavy atom. The van der Waals surface area contributed by atoms with Crippen molar-refractivity contribution in [3.05, 3.63) is 140 Å². The Morgan fingerprint density at radius 1 is 0.939 bits per heavy atom. The van der Waals surface area contributed by atoms with Gasteiger partial charge in [-0.2, -0.15) is 0 Å². The van der Waals surface area contributed by atoms with E-state index in [-0.39, 0.29) is 76.2 Å².